The number of hydrogen-bond acceptors (Lipinski definition) is 5. The number of aryl methyl sites for hydroxylation is 1. The van der Waals surface area contributed by atoms with Gasteiger partial charge in [-0.05, 0) is 81.8 Å². The lowest BCUT2D eigenvalue weighted by atomic mass is 9.99. The zero-order valence-electron chi connectivity index (χ0n) is 24.9. The third-order valence-corrected chi connectivity index (χ3v) is 6.98. The average Bonchev–Trinajstić information content (AvgIpc) is 3.04. The molecule has 3 aromatic carbocycles. The highest BCUT2D eigenvalue weighted by Crippen LogP contribution is 2.30. The van der Waals surface area contributed by atoms with Crippen molar-refractivity contribution in [1.29, 1.82) is 5.26 Å². The Morgan fingerprint density at radius 3 is 2.33 bits per heavy atom. The van der Waals surface area contributed by atoms with Crippen LogP contribution >= 0.6 is 0 Å². The number of hydrogen-bond donors (Lipinski definition) is 2. The number of carbonyl (C=O) groups excluding carboxylic acids is 3. The van der Waals surface area contributed by atoms with E-state index >= 15 is 0 Å². The van der Waals surface area contributed by atoms with Crippen molar-refractivity contribution in [1.82, 2.24) is 10.6 Å². The number of benzene rings is 3. The van der Waals surface area contributed by atoms with Gasteiger partial charge in [-0.25, -0.2) is 4.79 Å². The van der Waals surface area contributed by atoms with E-state index in [0.717, 1.165) is 27.9 Å². The molecule has 0 unspecified atom stereocenters. The summed E-state index contributed by atoms with van der Waals surface area (Å²) in [5.41, 5.74) is 3.63. The average molecular weight is 567 g/mol. The molecule has 8 nitrogen and oxygen atoms in total. The Hall–Kier alpha value is -4.64. The maximum atomic E-state index is 13.9. The normalized spacial score (nSPS) is 15.2. The first-order valence-electron chi connectivity index (χ1n) is 14.1. The summed E-state index contributed by atoms with van der Waals surface area (Å²) < 4.78 is 5.33. The van der Waals surface area contributed by atoms with Crippen molar-refractivity contribution in [3.8, 4) is 17.2 Å². The minimum atomic E-state index is -0.880. The van der Waals surface area contributed by atoms with Crippen molar-refractivity contribution in [2.24, 2.45) is 0 Å². The molecule has 1 aliphatic rings. The highest BCUT2D eigenvalue weighted by atomic mass is 16.6. The lowest BCUT2D eigenvalue weighted by Crippen LogP contribution is -2.52. The zero-order chi connectivity index (χ0) is 30.5. The van der Waals surface area contributed by atoms with Crippen LogP contribution in [0.3, 0.4) is 0 Å². The summed E-state index contributed by atoms with van der Waals surface area (Å²) >= 11 is 0. The monoisotopic (exact) mass is 566 g/mol. The lowest BCUT2D eigenvalue weighted by Gasteiger charge is -2.29. The third-order valence-electron chi connectivity index (χ3n) is 6.98. The Kier molecular flexibility index (Phi) is 9.01. The third kappa shape index (κ3) is 7.76. The summed E-state index contributed by atoms with van der Waals surface area (Å²) in [6, 6.07) is 24.6. The van der Waals surface area contributed by atoms with Crippen molar-refractivity contribution in [3.05, 3.63) is 89.5 Å². The molecule has 1 atom stereocenters. The second-order valence-electron chi connectivity index (χ2n) is 12.3. The van der Waals surface area contributed by atoms with Crippen molar-refractivity contribution < 1.29 is 19.1 Å². The molecule has 1 heterocycles. The summed E-state index contributed by atoms with van der Waals surface area (Å²) in [5, 5.41) is 15.2. The van der Waals surface area contributed by atoms with Crippen LogP contribution in [0.5, 0.6) is 0 Å². The molecule has 0 saturated heterocycles. The van der Waals surface area contributed by atoms with Crippen LogP contribution in [0.1, 0.15) is 64.2 Å². The number of fused-ring (bicyclic) bond motifs is 1. The predicted octanol–water partition coefficient (Wildman–Crippen LogP) is 5.88. The quantitative estimate of drug-likeness (QED) is 0.371. The maximum Gasteiger partial charge on any atom is 0.408 e. The Labute approximate surface area is 247 Å². The molecule has 1 aliphatic heterocycles. The summed E-state index contributed by atoms with van der Waals surface area (Å²) in [6.45, 7) is 9.13. The molecule has 8 heteroatoms. The molecule has 3 amide bonds. The van der Waals surface area contributed by atoms with Crippen molar-refractivity contribution >= 4 is 23.6 Å². The van der Waals surface area contributed by atoms with Crippen LogP contribution < -0.4 is 15.5 Å². The summed E-state index contributed by atoms with van der Waals surface area (Å²) in [7, 11) is 0. The highest BCUT2D eigenvalue weighted by molar-refractivity contribution is 6.00. The molecule has 42 heavy (non-hydrogen) atoms. The van der Waals surface area contributed by atoms with Crippen molar-refractivity contribution in [2.75, 3.05) is 4.90 Å². The molecule has 0 spiro atoms. The Bertz CT molecular complexity index is 1500. The van der Waals surface area contributed by atoms with Gasteiger partial charge in [0.2, 0.25) is 11.8 Å². The number of nitriles is 1. The fourth-order valence-corrected chi connectivity index (χ4v) is 5.09. The number of anilines is 1. The maximum absolute atomic E-state index is 13.9. The van der Waals surface area contributed by atoms with Gasteiger partial charge < -0.3 is 20.3 Å². The number of alkyl carbamates (subject to hydrolysis) is 1. The predicted molar refractivity (Wildman–Crippen MR) is 163 cm³/mol. The van der Waals surface area contributed by atoms with Gasteiger partial charge in [-0.3, -0.25) is 9.59 Å². The van der Waals surface area contributed by atoms with Crippen LogP contribution in [0.4, 0.5) is 10.5 Å². The van der Waals surface area contributed by atoms with Crippen LogP contribution in [-0.2, 0) is 27.3 Å². The minimum absolute atomic E-state index is 0.0192. The first kappa shape index (κ1) is 30.3. The topological polar surface area (TPSA) is 112 Å². The lowest BCUT2D eigenvalue weighted by molar-refractivity contribution is -0.128. The van der Waals surface area contributed by atoms with Crippen LogP contribution in [0.15, 0.2) is 72.8 Å². The van der Waals surface area contributed by atoms with Gasteiger partial charge in [0.1, 0.15) is 11.6 Å². The molecule has 3 aromatic rings. The molecule has 218 valence electrons. The van der Waals surface area contributed by atoms with E-state index in [9.17, 15) is 19.6 Å². The van der Waals surface area contributed by atoms with Crippen LogP contribution in [-0.4, -0.2) is 35.1 Å². The van der Waals surface area contributed by atoms with Gasteiger partial charge >= 0.3 is 6.09 Å². The van der Waals surface area contributed by atoms with Gasteiger partial charge in [-0.1, -0.05) is 60.7 Å². The number of nitrogens with one attached hydrogen (secondary N) is 2. The second-order valence-corrected chi connectivity index (χ2v) is 12.3. The van der Waals surface area contributed by atoms with E-state index in [1.165, 1.54) is 0 Å². The molecule has 0 fully saturated rings. The highest BCUT2D eigenvalue weighted by Gasteiger charge is 2.33. The molecular formula is C34H38N4O4. The van der Waals surface area contributed by atoms with Gasteiger partial charge in [-0.15, -0.1) is 0 Å². The van der Waals surface area contributed by atoms with Crippen LogP contribution in [0.25, 0.3) is 11.1 Å². The molecule has 2 N–H and O–H groups in total. The second kappa shape index (κ2) is 12.5. The number of amides is 3. The molecular weight excluding hydrogens is 528 g/mol. The van der Waals surface area contributed by atoms with Gasteiger partial charge in [0, 0.05) is 17.6 Å². The first-order chi connectivity index (χ1) is 19.8. The molecule has 0 bridgehead atoms. The number of rotatable bonds is 7. The van der Waals surface area contributed by atoms with Crippen LogP contribution in [0, 0.1) is 11.3 Å². The SMILES string of the molecule is CC(C)(CC(=O)N[C@@H]1CCc2ccccc2N(Cc2ccc(-c3ccccc3C#N)cc2)C1=O)NC(=O)OC(C)(C)C. The summed E-state index contributed by atoms with van der Waals surface area (Å²) in [6.07, 6.45) is 0.470. The van der Waals surface area contributed by atoms with Gasteiger partial charge in [0.25, 0.3) is 0 Å². The van der Waals surface area contributed by atoms with E-state index in [2.05, 4.69) is 16.7 Å². The van der Waals surface area contributed by atoms with E-state index in [1.54, 1.807) is 45.6 Å². The van der Waals surface area contributed by atoms with E-state index < -0.39 is 23.3 Å². The summed E-state index contributed by atoms with van der Waals surface area (Å²) in [4.78, 5) is 41.0. The van der Waals surface area contributed by atoms with E-state index in [4.69, 9.17) is 4.74 Å². The molecule has 0 saturated carbocycles. The first-order valence-corrected chi connectivity index (χ1v) is 14.1. The molecule has 0 aromatic heterocycles. The van der Waals surface area contributed by atoms with Gasteiger partial charge in [-0.2, -0.15) is 5.26 Å². The van der Waals surface area contributed by atoms with Crippen LogP contribution in [0.2, 0.25) is 0 Å². The smallest absolute Gasteiger partial charge is 0.408 e. The molecule has 0 radical (unpaired) electrons. The van der Waals surface area contributed by atoms with Crippen molar-refractivity contribution in [3.63, 3.8) is 0 Å². The Balaban J connectivity index is 1.50. The zero-order valence-corrected chi connectivity index (χ0v) is 24.9. The Morgan fingerprint density at radius 2 is 1.64 bits per heavy atom. The van der Waals surface area contributed by atoms with E-state index in [1.807, 2.05) is 66.7 Å². The van der Waals surface area contributed by atoms with Gasteiger partial charge in [0.05, 0.1) is 18.2 Å². The number of ether oxygens (including phenoxy) is 1. The fraction of sp³-hybridized carbons (Fsp3) is 0.353. The van der Waals surface area contributed by atoms with E-state index in [0.29, 0.717) is 24.9 Å². The van der Waals surface area contributed by atoms with E-state index in [-0.39, 0.29) is 18.2 Å². The largest absolute Gasteiger partial charge is 0.444 e. The minimum Gasteiger partial charge on any atom is -0.444 e. The number of para-hydroxylation sites is 1. The standard InChI is InChI=1S/C34H38N4O4/c1-33(2,3)42-32(41)37-34(4,5)20-30(39)36-28-19-18-25-10-7-9-13-29(25)38(31(28)40)22-23-14-16-24(17-15-23)27-12-8-6-11-26(27)21-35/h6-17,28H,18-20,22H2,1-5H3,(H,36,39)(H,37,41)/t28-/m1/s1. The molecule has 4 rings (SSSR count). The Morgan fingerprint density at radius 1 is 0.976 bits per heavy atom. The number of nitrogens with zero attached hydrogens (tertiary/aromatic N) is 2. The fourth-order valence-electron chi connectivity index (χ4n) is 5.09. The van der Waals surface area contributed by atoms with Crippen molar-refractivity contribution in [2.45, 2.75) is 77.6 Å². The summed E-state index contributed by atoms with van der Waals surface area (Å²) in [5.74, 6) is -0.522. The molecule has 0 aliphatic carbocycles. The number of carbonyl (C=O) groups is 3. The van der Waals surface area contributed by atoms with Gasteiger partial charge in [0.15, 0.2) is 0 Å².